The number of rotatable bonds is 2. The van der Waals surface area contributed by atoms with Crippen molar-refractivity contribution >= 4 is 22.8 Å². The van der Waals surface area contributed by atoms with Crippen LogP contribution in [0.25, 0.3) is 0 Å². The Morgan fingerprint density at radius 1 is 1.43 bits per heavy atom. The second kappa shape index (κ2) is 4.19. The molecule has 0 saturated carbocycles. The van der Waals surface area contributed by atoms with Gasteiger partial charge in [-0.2, -0.15) is 0 Å². The molecule has 1 aromatic carbocycles. The van der Waals surface area contributed by atoms with Gasteiger partial charge in [-0.25, -0.2) is 9.18 Å². The van der Waals surface area contributed by atoms with Crippen molar-refractivity contribution in [2.45, 2.75) is 0 Å². The number of esters is 1. The maximum atomic E-state index is 13.0. The lowest BCUT2D eigenvalue weighted by Crippen LogP contribution is -2.05. The molecule has 14 heavy (non-hydrogen) atoms. The highest BCUT2D eigenvalue weighted by molar-refractivity contribution is 6.67. The van der Waals surface area contributed by atoms with Crippen molar-refractivity contribution in [2.24, 2.45) is 0 Å². The van der Waals surface area contributed by atoms with Gasteiger partial charge in [-0.3, -0.25) is 4.79 Å². The van der Waals surface area contributed by atoms with Crippen molar-refractivity contribution in [1.82, 2.24) is 0 Å². The highest BCUT2D eigenvalue weighted by Crippen LogP contribution is 2.13. The Labute approximate surface area is 84.4 Å². The van der Waals surface area contributed by atoms with E-state index in [9.17, 15) is 14.0 Å². The van der Waals surface area contributed by atoms with Gasteiger partial charge < -0.3 is 4.74 Å². The second-order valence-electron chi connectivity index (χ2n) is 2.46. The fourth-order valence-electron chi connectivity index (χ4n) is 0.914. The highest BCUT2D eigenvalue weighted by Gasteiger charge is 2.14. The zero-order chi connectivity index (χ0) is 10.7. The molecular weight excluding hydrogens is 211 g/mol. The summed E-state index contributed by atoms with van der Waals surface area (Å²) < 4.78 is 17.3. The molecular formula is C9H6ClFO3. The molecule has 0 saturated heterocycles. The van der Waals surface area contributed by atoms with Crippen LogP contribution in [0.1, 0.15) is 20.7 Å². The molecule has 0 unspecified atom stereocenters. The van der Waals surface area contributed by atoms with Crippen molar-refractivity contribution in [3.63, 3.8) is 0 Å². The van der Waals surface area contributed by atoms with Crippen LogP contribution >= 0.6 is 11.6 Å². The Morgan fingerprint density at radius 2 is 2.07 bits per heavy atom. The van der Waals surface area contributed by atoms with E-state index in [1.807, 2.05) is 0 Å². The lowest BCUT2D eigenvalue weighted by atomic mass is 10.1. The first-order chi connectivity index (χ1) is 6.56. The third-order valence-electron chi connectivity index (χ3n) is 1.60. The molecule has 0 aliphatic carbocycles. The van der Waals surface area contributed by atoms with Crippen LogP contribution in [0.15, 0.2) is 18.2 Å². The fraction of sp³-hybridized carbons (Fsp3) is 0.111. The summed E-state index contributed by atoms with van der Waals surface area (Å²) in [5, 5.41) is -0.754. The first kappa shape index (κ1) is 10.7. The van der Waals surface area contributed by atoms with E-state index in [1.165, 1.54) is 6.07 Å². The number of halogens is 2. The van der Waals surface area contributed by atoms with Gasteiger partial charge in [0.15, 0.2) is 0 Å². The van der Waals surface area contributed by atoms with Gasteiger partial charge in [-0.15, -0.1) is 0 Å². The van der Waals surface area contributed by atoms with E-state index in [4.69, 9.17) is 11.6 Å². The van der Waals surface area contributed by atoms with Crippen LogP contribution in [0, 0.1) is 5.82 Å². The standard InChI is InChI=1S/C9H6ClFO3/c1-14-9(13)6-4-5(8(10)12)2-3-7(6)11/h2-4H,1H3. The van der Waals surface area contributed by atoms with Gasteiger partial charge in [0.05, 0.1) is 12.7 Å². The van der Waals surface area contributed by atoms with Crippen molar-refractivity contribution in [2.75, 3.05) is 7.11 Å². The van der Waals surface area contributed by atoms with Crippen molar-refractivity contribution in [1.29, 1.82) is 0 Å². The molecule has 0 aliphatic heterocycles. The summed E-state index contributed by atoms with van der Waals surface area (Å²) in [5.74, 6) is -1.60. The summed E-state index contributed by atoms with van der Waals surface area (Å²) in [6.45, 7) is 0. The summed E-state index contributed by atoms with van der Waals surface area (Å²) in [5.41, 5.74) is -0.257. The Bertz CT molecular complexity index is 390. The van der Waals surface area contributed by atoms with Crippen LogP contribution in [0.3, 0.4) is 0 Å². The molecule has 0 amide bonds. The van der Waals surface area contributed by atoms with Crippen LogP contribution in [-0.4, -0.2) is 18.3 Å². The predicted octanol–water partition coefficient (Wildman–Crippen LogP) is 1.99. The summed E-state index contributed by atoms with van der Waals surface area (Å²) in [6.07, 6.45) is 0. The van der Waals surface area contributed by atoms with Crippen LogP contribution in [-0.2, 0) is 4.74 Å². The maximum Gasteiger partial charge on any atom is 0.340 e. The topological polar surface area (TPSA) is 43.4 Å². The molecule has 0 fully saturated rings. The van der Waals surface area contributed by atoms with E-state index in [0.29, 0.717) is 0 Å². The molecule has 0 atom stereocenters. The van der Waals surface area contributed by atoms with Crippen molar-refractivity contribution in [3.05, 3.63) is 35.1 Å². The summed E-state index contributed by atoms with van der Waals surface area (Å²) in [6, 6.07) is 3.23. The third-order valence-corrected chi connectivity index (χ3v) is 1.82. The lowest BCUT2D eigenvalue weighted by Gasteiger charge is -2.01. The van der Waals surface area contributed by atoms with Crippen molar-refractivity contribution < 1.29 is 18.7 Å². The molecule has 0 spiro atoms. The zero-order valence-corrected chi connectivity index (χ0v) is 7.97. The molecule has 0 bridgehead atoms. The van der Waals surface area contributed by atoms with E-state index >= 15 is 0 Å². The first-order valence-corrected chi connectivity index (χ1v) is 4.01. The minimum Gasteiger partial charge on any atom is -0.465 e. The maximum absolute atomic E-state index is 13.0. The van der Waals surface area contributed by atoms with Gasteiger partial charge in [0.1, 0.15) is 5.82 Å². The average molecular weight is 217 g/mol. The quantitative estimate of drug-likeness (QED) is 0.561. The molecule has 5 heteroatoms. The van der Waals surface area contributed by atoms with Gasteiger partial charge in [-0.1, -0.05) is 0 Å². The van der Waals surface area contributed by atoms with E-state index in [1.54, 1.807) is 0 Å². The van der Waals surface area contributed by atoms with Crippen LogP contribution in [0.5, 0.6) is 0 Å². The number of hydrogen-bond acceptors (Lipinski definition) is 3. The summed E-state index contributed by atoms with van der Waals surface area (Å²) in [4.78, 5) is 21.7. The minimum atomic E-state index is -0.845. The molecule has 0 radical (unpaired) electrons. The van der Waals surface area contributed by atoms with Gasteiger partial charge >= 0.3 is 5.97 Å². The average Bonchev–Trinajstić information content (AvgIpc) is 2.17. The monoisotopic (exact) mass is 216 g/mol. The largest absolute Gasteiger partial charge is 0.465 e. The molecule has 0 N–H and O–H groups in total. The number of benzene rings is 1. The highest BCUT2D eigenvalue weighted by atomic mass is 35.5. The molecule has 1 rings (SSSR count). The predicted molar refractivity (Wildman–Crippen MR) is 47.9 cm³/mol. The smallest absolute Gasteiger partial charge is 0.340 e. The molecule has 0 heterocycles. The van der Waals surface area contributed by atoms with E-state index in [2.05, 4.69) is 4.74 Å². The third kappa shape index (κ3) is 2.09. The number of hydrogen-bond donors (Lipinski definition) is 0. The van der Waals surface area contributed by atoms with E-state index in [0.717, 1.165) is 19.2 Å². The number of carbonyl (C=O) groups is 2. The van der Waals surface area contributed by atoms with E-state index in [-0.39, 0.29) is 11.1 Å². The van der Waals surface area contributed by atoms with Gasteiger partial charge in [0.25, 0.3) is 5.24 Å². The molecule has 0 aliphatic rings. The van der Waals surface area contributed by atoms with Crippen LogP contribution < -0.4 is 0 Å². The molecule has 1 aromatic rings. The fourth-order valence-corrected chi connectivity index (χ4v) is 1.03. The van der Waals surface area contributed by atoms with Gasteiger partial charge in [-0.05, 0) is 29.8 Å². The van der Waals surface area contributed by atoms with Crippen LogP contribution in [0.2, 0.25) is 0 Å². The minimum absolute atomic E-state index is 0.0495. The SMILES string of the molecule is COC(=O)c1cc(C(=O)Cl)ccc1F. The Kier molecular flexibility index (Phi) is 3.19. The number of methoxy groups -OCH3 is 1. The Balaban J connectivity index is 3.21. The zero-order valence-electron chi connectivity index (χ0n) is 7.21. The van der Waals surface area contributed by atoms with E-state index < -0.39 is 17.0 Å². The Morgan fingerprint density at radius 3 is 2.57 bits per heavy atom. The summed E-state index contributed by atoms with van der Waals surface area (Å²) in [7, 11) is 1.12. The van der Waals surface area contributed by atoms with Gasteiger partial charge in [0, 0.05) is 5.56 Å². The van der Waals surface area contributed by atoms with Crippen molar-refractivity contribution in [3.8, 4) is 0 Å². The number of carbonyl (C=O) groups excluding carboxylic acids is 2. The molecule has 3 nitrogen and oxygen atoms in total. The van der Waals surface area contributed by atoms with Crippen LogP contribution in [0.4, 0.5) is 4.39 Å². The molecule has 0 aromatic heterocycles. The number of ether oxygens (including phenoxy) is 1. The Hall–Kier alpha value is -1.42. The van der Waals surface area contributed by atoms with Gasteiger partial charge in [0.2, 0.25) is 0 Å². The molecule has 74 valence electrons. The normalized spacial score (nSPS) is 9.64. The first-order valence-electron chi connectivity index (χ1n) is 3.64. The summed E-state index contributed by atoms with van der Waals surface area (Å²) >= 11 is 5.16. The second-order valence-corrected chi connectivity index (χ2v) is 2.80. The lowest BCUT2D eigenvalue weighted by molar-refractivity contribution is 0.0595.